The van der Waals surface area contributed by atoms with Crippen LogP contribution in [0.5, 0.6) is 0 Å². The van der Waals surface area contributed by atoms with Gasteiger partial charge in [0.2, 0.25) is 0 Å². The third kappa shape index (κ3) is 1.69. The number of nitrogens with zero attached hydrogens (tertiary/aromatic N) is 2. The summed E-state index contributed by atoms with van der Waals surface area (Å²) in [7, 11) is 1.71. The molecule has 0 unspecified atom stereocenters. The monoisotopic (exact) mass is 194 g/mol. The molecule has 0 aliphatic heterocycles. The van der Waals surface area contributed by atoms with Crippen LogP contribution >= 0.6 is 0 Å². The maximum atomic E-state index is 11.5. The summed E-state index contributed by atoms with van der Waals surface area (Å²) in [6.45, 7) is 7.61. The molecule has 1 heterocycles. The first-order valence-electron chi connectivity index (χ1n) is 4.45. The van der Waals surface area contributed by atoms with E-state index in [1.54, 1.807) is 20.0 Å². The predicted molar refractivity (Wildman–Crippen MR) is 54.0 cm³/mol. The lowest BCUT2D eigenvalue weighted by Gasteiger charge is -2.02. The van der Waals surface area contributed by atoms with Crippen LogP contribution in [0, 0.1) is 6.92 Å². The van der Waals surface area contributed by atoms with Crippen LogP contribution in [-0.2, 0) is 11.8 Å². The summed E-state index contributed by atoms with van der Waals surface area (Å²) < 4.78 is 6.44. The van der Waals surface area contributed by atoms with Gasteiger partial charge >= 0.3 is 5.97 Å². The smallest absolute Gasteiger partial charge is 0.357 e. The molecule has 0 aliphatic carbocycles. The molecule has 0 atom stereocenters. The van der Waals surface area contributed by atoms with Gasteiger partial charge in [0.05, 0.1) is 12.3 Å². The number of esters is 1. The van der Waals surface area contributed by atoms with Crippen molar-refractivity contribution in [3.63, 3.8) is 0 Å². The van der Waals surface area contributed by atoms with Gasteiger partial charge in [-0.15, -0.1) is 0 Å². The molecular formula is C10H14N2O2. The fourth-order valence-corrected chi connectivity index (χ4v) is 1.36. The molecule has 0 aliphatic rings. The van der Waals surface area contributed by atoms with E-state index in [1.165, 1.54) is 4.68 Å². The molecule has 0 spiro atoms. The van der Waals surface area contributed by atoms with Crippen LogP contribution in [0.25, 0.3) is 6.08 Å². The van der Waals surface area contributed by atoms with E-state index in [-0.39, 0.29) is 5.97 Å². The van der Waals surface area contributed by atoms with E-state index in [4.69, 9.17) is 4.74 Å². The molecule has 14 heavy (non-hydrogen) atoms. The molecule has 0 amide bonds. The summed E-state index contributed by atoms with van der Waals surface area (Å²) in [5.74, 6) is -0.356. The van der Waals surface area contributed by atoms with Gasteiger partial charge in [0, 0.05) is 12.6 Å². The minimum atomic E-state index is -0.356. The third-order valence-electron chi connectivity index (χ3n) is 1.94. The summed E-state index contributed by atoms with van der Waals surface area (Å²) in [6.07, 6.45) is 1.62. The lowest BCUT2D eigenvalue weighted by atomic mass is 10.2. The first kappa shape index (κ1) is 10.5. The largest absolute Gasteiger partial charge is 0.461 e. The Kier molecular flexibility index (Phi) is 3.06. The Balaban J connectivity index is 3.18. The molecule has 1 aromatic rings. The molecular weight excluding hydrogens is 180 g/mol. The van der Waals surface area contributed by atoms with Gasteiger partial charge in [0.25, 0.3) is 0 Å². The van der Waals surface area contributed by atoms with E-state index in [2.05, 4.69) is 11.7 Å². The molecule has 0 saturated heterocycles. The summed E-state index contributed by atoms with van der Waals surface area (Å²) in [5, 5.41) is 4.13. The van der Waals surface area contributed by atoms with Crippen LogP contribution in [0.4, 0.5) is 0 Å². The van der Waals surface area contributed by atoms with E-state index >= 15 is 0 Å². The van der Waals surface area contributed by atoms with Crippen molar-refractivity contribution in [1.82, 2.24) is 9.78 Å². The summed E-state index contributed by atoms with van der Waals surface area (Å²) in [4.78, 5) is 11.5. The number of hydrogen-bond acceptors (Lipinski definition) is 3. The Labute approximate surface area is 83.2 Å². The first-order chi connectivity index (χ1) is 6.61. The number of aromatic nitrogens is 2. The number of carbonyl (C=O) groups is 1. The molecule has 0 aromatic carbocycles. The van der Waals surface area contributed by atoms with Crippen LogP contribution in [0.1, 0.15) is 28.7 Å². The quantitative estimate of drug-likeness (QED) is 0.686. The minimum absolute atomic E-state index is 0.356. The van der Waals surface area contributed by atoms with Crippen molar-refractivity contribution in [2.75, 3.05) is 6.61 Å². The molecule has 0 radical (unpaired) electrons. The van der Waals surface area contributed by atoms with Crippen molar-refractivity contribution in [1.29, 1.82) is 0 Å². The first-order valence-corrected chi connectivity index (χ1v) is 4.45. The Morgan fingerprint density at radius 2 is 2.36 bits per heavy atom. The van der Waals surface area contributed by atoms with Gasteiger partial charge in [0.15, 0.2) is 5.69 Å². The van der Waals surface area contributed by atoms with Crippen molar-refractivity contribution in [2.45, 2.75) is 13.8 Å². The fourth-order valence-electron chi connectivity index (χ4n) is 1.36. The van der Waals surface area contributed by atoms with Gasteiger partial charge in [-0.3, -0.25) is 4.68 Å². The van der Waals surface area contributed by atoms with Gasteiger partial charge in [-0.05, 0) is 13.8 Å². The SMILES string of the molecule is C=Cc1c(C)nn(C)c1C(=O)OCC. The lowest BCUT2D eigenvalue weighted by molar-refractivity contribution is 0.0513. The molecule has 4 heteroatoms. The third-order valence-corrected chi connectivity index (χ3v) is 1.94. The average Bonchev–Trinajstić information content (AvgIpc) is 2.40. The topological polar surface area (TPSA) is 44.1 Å². The molecule has 1 aromatic heterocycles. The maximum Gasteiger partial charge on any atom is 0.357 e. The highest BCUT2D eigenvalue weighted by molar-refractivity contribution is 5.92. The zero-order valence-corrected chi connectivity index (χ0v) is 8.70. The molecule has 76 valence electrons. The van der Waals surface area contributed by atoms with Gasteiger partial charge < -0.3 is 4.74 Å². The van der Waals surface area contributed by atoms with Crippen molar-refractivity contribution < 1.29 is 9.53 Å². The predicted octanol–water partition coefficient (Wildman–Crippen LogP) is 1.55. The number of hydrogen-bond donors (Lipinski definition) is 0. The van der Waals surface area contributed by atoms with E-state index in [1.807, 2.05) is 6.92 Å². The highest BCUT2D eigenvalue weighted by Gasteiger charge is 2.18. The van der Waals surface area contributed by atoms with Crippen LogP contribution in [0.2, 0.25) is 0 Å². The van der Waals surface area contributed by atoms with Gasteiger partial charge in [0.1, 0.15) is 0 Å². The van der Waals surface area contributed by atoms with Crippen LogP contribution < -0.4 is 0 Å². The zero-order valence-electron chi connectivity index (χ0n) is 8.70. The second-order valence-electron chi connectivity index (χ2n) is 2.90. The zero-order chi connectivity index (χ0) is 10.7. The van der Waals surface area contributed by atoms with Crippen molar-refractivity contribution in [2.24, 2.45) is 7.05 Å². The van der Waals surface area contributed by atoms with Crippen molar-refractivity contribution in [3.8, 4) is 0 Å². The van der Waals surface area contributed by atoms with E-state index in [0.717, 1.165) is 11.3 Å². The molecule has 0 bridgehead atoms. The molecule has 0 N–H and O–H groups in total. The normalized spacial score (nSPS) is 9.93. The van der Waals surface area contributed by atoms with Crippen LogP contribution in [-0.4, -0.2) is 22.4 Å². The van der Waals surface area contributed by atoms with Gasteiger partial charge in [-0.1, -0.05) is 12.7 Å². The lowest BCUT2D eigenvalue weighted by Crippen LogP contribution is -2.11. The number of ether oxygens (including phenoxy) is 1. The number of rotatable bonds is 3. The second kappa shape index (κ2) is 4.09. The molecule has 1 rings (SSSR count). The van der Waals surface area contributed by atoms with E-state index < -0.39 is 0 Å². The summed E-state index contributed by atoms with van der Waals surface area (Å²) in [5.41, 5.74) is 1.98. The summed E-state index contributed by atoms with van der Waals surface area (Å²) >= 11 is 0. The molecule has 4 nitrogen and oxygen atoms in total. The Hall–Kier alpha value is -1.58. The van der Waals surface area contributed by atoms with Crippen LogP contribution in [0.3, 0.4) is 0 Å². The fraction of sp³-hybridized carbons (Fsp3) is 0.400. The van der Waals surface area contributed by atoms with E-state index in [9.17, 15) is 4.79 Å². The van der Waals surface area contributed by atoms with E-state index in [0.29, 0.717) is 12.3 Å². The average molecular weight is 194 g/mol. The number of carbonyl (C=O) groups excluding carboxylic acids is 1. The Morgan fingerprint density at radius 1 is 1.71 bits per heavy atom. The standard InChI is InChI=1S/C10H14N2O2/c1-5-8-7(3)11-12(4)9(8)10(13)14-6-2/h5H,1,6H2,2-4H3. The Bertz CT molecular complexity index is 366. The van der Waals surface area contributed by atoms with Gasteiger partial charge in [-0.25, -0.2) is 4.79 Å². The highest BCUT2D eigenvalue weighted by Crippen LogP contribution is 2.15. The second-order valence-corrected chi connectivity index (χ2v) is 2.90. The number of aryl methyl sites for hydroxylation is 2. The molecule has 0 saturated carbocycles. The van der Waals surface area contributed by atoms with Gasteiger partial charge in [-0.2, -0.15) is 5.10 Å². The van der Waals surface area contributed by atoms with Crippen LogP contribution in [0.15, 0.2) is 6.58 Å². The Morgan fingerprint density at radius 3 is 2.86 bits per heavy atom. The maximum absolute atomic E-state index is 11.5. The molecule has 0 fully saturated rings. The highest BCUT2D eigenvalue weighted by atomic mass is 16.5. The minimum Gasteiger partial charge on any atom is -0.461 e. The van der Waals surface area contributed by atoms with Crippen molar-refractivity contribution in [3.05, 3.63) is 23.5 Å². The summed E-state index contributed by atoms with van der Waals surface area (Å²) in [6, 6.07) is 0. The van der Waals surface area contributed by atoms with Crippen molar-refractivity contribution >= 4 is 12.0 Å².